The van der Waals surface area contributed by atoms with E-state index in [4.69, 9.17) is 9.47 Å². The third-order valence-electron chi connectivity index (χ3n) is 3.94. The van der Waals surface area contributed by atoms with Crippen molar-refractivity contribution in [3.8, 4) is 5.75 Å². The first-order valence-corrected chi connectivity index (χ1v) is 7.52. The normalized spacial score (nSPS) is 20.7. The Labute approximate surface area is 129 Å². The molecule has 0 bridgehead atoms. The minimum absolute atomic E-state index is 0.0777. The highest BCUT2D eigenvalue weighted by molar-refractivity contribution is 5.78. The third kappa shape index (κ3) is 3.50. The third-order valence-corrected chi connectivity index (χ3v) is 3.94. The Bertz CT molecular complexity index is 554. The molecule has 2 fully saturated rings. The molecule has 1 N–H and O–H groups in total. The zero-order chi connectivity index (χ0) is 15.5. The van der Waals surface area contributed by atoms with E-state index < -0.39 is 0 Å². The molecule has 1 atom stereocenters. The van der Waals surface area contributed by atoms with Gasteiger partial charge in [0.05, 0.1) is 26.6 Å². The Morgan fingerprint density at radius 1 is 1.36 bits per heavy atom. The lowest BCUT2D eigenvalue weighted by Crippen LogP contribution is -2.35. The van der Waals surface area contributed by atoms with Crippen molar-refractivity contribution >= 4 is 12.0 Å². The van der Waals surface area contributed by atoms with Crippen LogP contribution < -0.4 is 10.1 Å². The highest BCUT2D eigenvalue weighted by atomic mass is 16.6. The minimum atomic E-state index is -0.253. The Kier molecular flexibility index (Phi) is 4.18. The molecule has 3 rings (SSSR count). The fourth-order valence-electron chi connectivity index (χ4n) is 2.55. The van der Waals surface area contributed by atoms with Crippen LogP contribution in [0.3, 0.4) is 0 Å². The van der Waals surface area contributed by atoms with Crippen molar-refractivity contribution in [2.45, 2.75) is 31.4 Å². The van der Waals surface area contributed by atoms with Gasteiger partial charge in [-0.05, 0) is 30.5 Å². The fourth-order valence-corrected chi connectivity index (χ4v) is 2.55. The molecule has 6 nitrogen and oxygen atoms in total. The van der Waals surface area contributed by atoms with Crippen LogP contribution in [0.5, 0.6) is 5.75 Å². The van der Waals surface area contributed by atoms with Gasteiger partial charge < -0.3 is 19.7 Å². The molecule has 1 aliphatic carbocycles. The van der Waals surface area contributed by atoms with E-state index in [1.54, 1.807) is 12.0 Å². The van der Waals surface area contributed by atoms with Crippen LogP contribution in [0.1, 0.15) is 18.4 Å². The predicted molar refractivity (Wildman–Crippen MR) is 79.7 cm³/mol. The zero-order valence-electron chi connectivity index (χ0n) is 12.6. The van der Waals surface area contributed by atoms with Gasteiger partial charge in [-0.1, -0.05) is 12.1 Å². The Balaban J connectivity index is 1.43. The molecule has 1 heterocycles. The fraction of sp³-hybridized carbons (Fsp3) is 0.500. The number of nitrogens with one attached hydrogen (secondary N) is 1. The molecule has 6 heteroatoms. The second-order valence-electron chi connectivity index (χ2n) is 5.72. The quantitative estimate of drug-likeness (QED) is 0.861. The van der Waals surface area contributed by atoms with Crippen LogP contribution in [0, 0.1) is 0 Å². The van der Waals surface area contributed by atoms with Gasteiger partial charge >= 0.3 is 6.09 Å². The molecule has 0 radical (unpaired) electrons. The number of carbonyl (C=O) groups is 2. The summed E-state index contributed by atoms with van der Waals surface area (Å²) < 4.78 is 10.3. The zero-order valence-corrected chi connectivity index (χ0v) is 12.6. The van der Waals surface area contributed by atoms with Crippen molar-refractivity contribution in [1.82, 2.24) is 10.2 Å². The van der Waals surface area contributed by atoms with Gasteiger partial charge in [0, 0.05) is 6.04 Å². The van der Waals surface area contributed by atoms with E-state index in [0.717, 1.165) is 24.2 Å². The maximum atomic E-state index is 11.9. The Morgan fingerprint density at radius 3 is 2.73 bits per heavy atom. The summed E-state index contributed by atoms with van der Waals surface area (Å²) in [7, 11) is 1.61. The molecule has 1 saturated heterocycles. The standard InChI is InChI=1S/C16H20N2O4/c1-21-13-6-2-11(3-7-13)8-15(19)17-9-14-10-18(12-4-5-12)16(20)22-14/h2-3,6-7,12,14H,4-5,8-10H2,1H3,(H,17,19). The van der Waals surface area contributed by atoms with Gasteiger partial charge in [-0.3, -0.25) is 4.79 Å². The number of nitrogens with zero attached hydrogens (tertiary/aromatic N) is 1. The summed E-state index contributed by atoms with van der Waals surface area (Å²) in [6.07, 6.45) is 1.93. The average Bonchev–Trinajstić information content (AvgIpc) is 3.29. The Morgan fingerprint density at radius 2 is 2.09 bits per heavy atom. The van der Waals surface area contributed by atoms with Crippen LogP contribution >= 0.6 is 0 Å². The number of rotatable bonds is 6. The molecule has 118 valence electrons. The van der Waals surface area contributed by atoms with Gasteiger partial charge in [0.1, 0.15) is 11.9 Å². The molecule has 1 unspecified atom stereocenters. The number of hydrogen-bond donors (Lipinski definition) is 1. The summed E-state index contributed by atoms with van der Waals surface area (Å²) in [6, 6.07) is 7.74. The lowest BCUT2D eigenvalue weighted by Gasteiger charge is -2.11. The van der Waals surface area contributed by atoms with E-state index in [9.17, 15) is 9.59 Å². The summed E-state index contributed by atoms with van der Waals surface area (Å²) in [6.45, 7) is 0.941. The second kappa shape index (κ2) is 6.25. The van der Waals surface area contributed by atoms with E-state index in [1.807, 2.05) is 24.3 Å². The van der Waals surface area contributed by atoms with Crippen LogP contribution in [-0.2, 0) is 16.0 Å². The molecule has 1 aliphatic heterocycles. The van der Waals surface area contributed by atoms with E-state index in [2.05, 4.69) is 5.32 Å². The molecular formula is C16H20N2O4. The summed E-state index contributed by atoms with van der Waals surface area (Å²) in [5, 5.41) is 2.83. The smallest absolute Gasteiger partial charge is 0.410 e. The van der Waals surface area contributed by atoms with Crippen LogP contribution in [0.2, 0.25) is 0 Å². The van der Waals surface area contributed by atoms with Gasteiger partial charge in [0.25, 0.3) is 0 Å². The summed E-state index contributed by atoms with van der Waals surface area (Å²) in [5.74, 6) is 0.688. The summed E-state index contributed by atoms with van der Waals surface area (Å²) in [5.41, 5.74) is 0.918. The topological polar surface area (TPSA) is 67.9 Å². The molecule has 0 spiro atoms. The minimum Gasteiger partial charge on any atom is -0.497 e. The van der Waals surface area contributed by atoms with E-state index in [1.165, 1.54) is 0 Å². The number of amides is 2. The van der Waals surface area contributed by atoms with E-state index >= 15 is 0 Å². The highest BCUT2D eigenvalue weighted by Crippen LogP contribution is 2.30. The van der Waals surface area contributed by atoms with Crippen molar-refractivity contribution in [1.29, 1.82) is 0 Å². The average molecular weight is 304 g/mol. The predicted octanol–water partition coefficient (Wildman–Crippen LogP) is 1.34. The van der Waals surface area contributed by atoms with Crippen molar-refractivity contribution in [3.63, 3.8) is 0 Å². The number of benzene rings is 1. The van der Waals surface area contributed by atoms with Gasteiger partial charge in [0.15, 0.2) is 0 Å². The van der Waals surface area contributed by atoms with Gasteiger partial charge in [0.2, 0.25) is 5.91 Å². The molecule has 1 aromatic carbocycles. The first kappa shape index (κ1) is 14.7. The number of methoxy groups -OCH3 is 1. The molecule has 0 aromatic heterocycles. The SMILES string of the molecule is COc1ccc(CC(=O)NCC2CN(C3CC3)C(=O)O2)cc1. The monoisotopic (exact) mass is 304 g/mol. The van der Waals surface area contributed by atoms with E-state index in [0.29, 0.717) is 25.6 Å². The summed E-state index contributed by atoms with van der Waals surface area (Å²) >= 11 is 0. The summed E-state index contributed by atoms with van der Waals surface area (Å²) in [4.78, 5) is 25.3. The lowest BCUT2D eigenvalue weighted by atomic mass is 10.1. The van der Waals surface area contributed by atoms with Gasteiger partial charge in [-0.2, -0.15) is 0 Å². The first-order chi connectivity index (χ1) is 10.7. The first-order valence-electron chi connectivity index (χ1n) is 7.52. The molecule has 1 saturated carbocycles. The number of cyclic esters (lactones) is 1. The largest absolute Gasteiger partial charge is 0.497 e. The highest BCUT2D eigenvalue weighted by Gasteiger charge is 2.40. The number of ether oxygens (including phenoxy) is 2. The number of hydrogen-bond acceptors (Lipinski definition) is 4. The van der Waals surface area contributed by atoms with Crippen LogP contribution in [-0.4, -0.2) is 49.2 Å². The molecule has 1 aromatic rings. The molecule has 2 amide bonds. The van der Waals surface area contributed by atoms with E-state index in [-0.39, 0.29) is 18.1 Å². The molecule has 22 heavy (non-hydrogen) atoms. The number of carbonyl (C=O) groups excluding carboxylic acids is 2. The Hall–Kier alpha value is -2.24. The maximum absolute atomic E-state index is 11.9. The molecule has 2 aliphatic rings. The van der Waals surface area contributed by atoms with Crippen molar-refractivity contribution in [3.05, 3.63) is 29.8 Å². The molecular weight excluding hydrogens is 284 g/mol. The van der Waals surface area contributed by atoms with Crippen LogP contribution in [0.4, 0.5) is 4.79 Å². The van der Waals surface area contributed by atoms with Crippen molar-refractivity contribution < 1.29 is 19.1 Å². The lowest BCUT2D eigenvalue weighted by molar-refractivity contribution is -0.120. The van der Waals surface area contributed by atoms with Gasteiger partial charge in [-0.15, -0.1) is 0 Å². The second-order valence-corrected chi connectivity index (χ2v) is 5.72. The van der Waals surface area contributed by atoms with Gasteiger partial charge in [-0.25, -0.2) is 4.79 Å². The van der Waals surface area contributed by atoms with Crippen LogP contribution in [0.25, 0.3) is 0 Å². The van der Waals surface area contributed by atoms with Crippen molar-refractivity contribution in [2.75, 3.05) is 20.2 Å². The van der Waals surface area contributed by atoms with Crippen LogP contribution in [0.15, 0.2) is 24.3 Å². The maximum Gasteiger partial charge on any atom is 0.410 e. The van der Waals surface area contributed by atoms with Crippen molar-refractivity contribution in [2.24, 2.45) is 0 Å².